The first-order valence-corrected chi connectivity index (χ1v) is 12.6. The minimum atomic E-state index is -0.308. The monoisotopic (exact) mass is 499 g/mol. The highest BCUT2D eigenvalue weighted by molar-refractivity contribution is 7.09. The molecule has 0 aliphatic carbocycles. The van der Waals surface area contributed by atoms with Crippen LogP contribution in [0.5, 0.6) is 17.2 Å². The van der Waals surface area contributed by atoms with E-state index < -0.39 is 0 Å². The van der Waals surface area contributed by atoms with Gasteiger partial charge in [-0.2, -0.15) is 0 Å². The number of ether oxygens (including phenoxy) is 2. The van der Waals surface area contributed by atoms with Crippen molar-refractivity contribution in [2.24, 2.45) is 0 Å². The molecule has 182 valence electrons. The molecule has 0 unspecified atom stereocenters. The van der Waals surface area contributed by atoms with Gasteiger partial charge in [-0.3, -0.25) is 14.5 Å². The van der Waals surface area contributed by atoms with Crippen LogP contribution in [0.4, 0.5) is 11.4 Å². The van der Waals surface area contributed by atoms with Crippen LogP contribution in [0.25, 0.3) is 11.3 Å². The molecule has 0 spiro atoms. The fourth-order valence-corrected chi connectivity index (χ4v) is 4.79. The Bertz CT molecular complexity index is 1370. The van der Waals surface area contributed by atoms with E-state index in [4.69, 9.17) is 14.5 Å². The van der Waals surface area contributed by atoms with Gasteiger partial charge in [-0.1, -0.05) is 25.1 Å². The second-order valence-corrected chi connectivity index (χ2v) is 9.26. The number of rotatable bonds is 8. The predicted molar refractivity (Wildman–Crippen MR) is 141 cm³/mol. The third kappa shape index (κ3) is 5.39. The van der Waals surface area contributed by atoms with E-state index in [-0.39, 0.29) is 25.0 Å². The minimum Gasteiger partial charge on any atom is -0.482 e. The number of aromatic nitrogens is 1. The molecule has 0 atom stereocenters. The first-order valence-electron chi connectivity index (χ1n) is 11.7. The molecule has 1 aliphatic heterocycles. The Labute approximate surface area is 213 Å². The summed E-state index contributed by atoms with van der Waals surface area (Å²) in [6.07, 6.45) is 1.97. The van der Waals surface area contributed by atoms with Crippen molar-refractivity contribution in [3.8, 4) is 28.5 Å². The number of carbonyl (C=O) groups excluding carboxylic acids is 2. The van der Waals surface area contributed by atoms with Crippen LogP contribution in [0.1, 0.15) is 18.4 Å². The molecule has 0 bridgehead atoms. The molecular formula is C28H25N3O4S. The lowest BCUT2D eigenvalue weighted by Gasteiger charge is -2.29. The lowest BCUT2D eigenvalue weighted by Crippen LogP contribution is -2.43. The highest BCUT2D eigenvalue weighted by Gasteiger charge is 2.28. The quantitative estimate of drug-likeness (QED) is 0.326. The maximum absolute atomic E-state index is 12.9. The van der Waals surface area contributed by atoms with E-state index in [1.165, 1.54) is 4.90 Å². The maximum atomic E-state index is 12.9. The zero-order valence-corrected chi connectivity index (χ0v) is 20.6. The van der Waals surface area contributed by atoms with Gasteiger partial charge >= 0.3 is 0 Å². The van der Waals surface area contributed by atoms with Crippen LogP contribution in [0, 0.1) is 0 Å². The number of nitrogens with zero attached hydrogens (tertiary/aromatic N) is 2. The van der Waals surface area contributed by atoms with E-state index in [2.05, 4.69) is 12.2 Å². The lowest BCUT2D eigenvalue weighted by molar-refractivity contribution is -0.123. The third-order valence-corrected chi connectivity index (χ3v) is 6.54. The number of fused-ring (bicyclic) bond motifs is 1. The number of nitrogens with one attached hydrogen (secondary N) is 1. The Morgan fingerprint density at radius 1 is 1.08 bits per heavy atom. The van der Waals surface area contributed by atoms with Gasteiger partial charge in [-0.15, -0.1) is 11.3 Å². The van der Waals surface area contributed by atoms with Crippen molar-refractivity contribution >= 4 is 34.5 Å². The van der Waals surface area contributed by atoms with Crippen molar-refractivity contribution in [2.75, 3.05) is 23.4 Å². The molecule has 5 rings (SSSR count). The van der Waals surface area contributed by atoms with E-state index in [1.807, 2.05) is 53.9 Å². The summed E-state index contributed by atoms with van der Waals surface area (Å²) in [4.78, 5) is 31.7. The van der Waals surface area contributed by atoms with E-state index in [9.17, 15) is 9.59 Å². The van der Waals surface area contributed by atoms with E-state index >= 15 is 0 Å². The van der Waals surface area contributed by atoms with E-state index in [0.29, 0.717) is 22.9 Å². The molecule has 36 heavy (non-hydrogen) atoms. The van der Waals surface area contributed by atoms with Gasteiger partial charge in [0.2, 0.25) is 5.91 Å². The second-order valence-electron chi connectivity index (χ2n) is 8.32. The number of anilines is 2. The van der Waals surface area contributed by atoms with Crippen molar-refractivity contribution in [1.29, 1.82) is 0 Å². The summed E-state index contributed by atoms with van der Waals surface area (Å²) in [6.45, 7) is 1.89. The molecule has 2 heterocycles. The van der Waals surface area contributed by atoms with Gasteiger partial charge in [-0.25, -0.2) is 4.98 Å². The second kappa shape index (κ2) is 10.6. The molecule has 1 aromatic heterocycles. The summed E-state index contributed by atoms with van der Waals surface area (Å²) < 4.78 is 11.4. The summed E-state index contributed by atoms with van der Waals surface area (Å²) >= 11 is 1.62. The first kappa shape index (κ1) is 23.6. The summed E-state index contributed by atoms with van der Waals surface area (Å²) in [5.74, 6) is 1.38. The zero-order chi connectivity index (χ0) is 24.9. The van der Waals surface area contributed by atoms with Crippen molar-refractivity contribution in [2.45, 2.75) is 19.8 Å². The number of carbonyl (C=O) groups is 2. The number of aryl methyl sites for hydroxylation is 1. The molecular weight excluding hydrogens is 474 g/mol. The van der Waals surface area contributed by atoms with Crippen molar-refractivity contribution in [3.05, 3.63) is 83.2 Å². The smallest absolute Gasteiger partial charge is 0.265 e. The fourth-order valence-electron chi connectivity index (χ4n) is 3.88. The Kier molecular flexibility index (Phi) is 6.95. The van der Waals surface area contributed by atoms with Gasteiger partial charge in [0.05, 0.1) is 16.4 Å². The van der Waals surface area contributed by atoms with Gasteiger partial charge < -0.3 is 14.8 Å². The van der Waals surface area contributed by atoms with Gasteiger partial charge in [-0.05, 0) is 67.4 Å². The average molecular weight is 500 g/mol. The normalized spacial score (nSPS) is 12.6. The van der Waals surface area contributed by atoms with E-state index in [0.717, 1.165) is 34.9 Å². The highest BCUT2D eigenvalue weighted by atomic mass is 32.1. The summed E-state index contributed by atoms with van der Waals surface area (Å²) in [5, 5.41) is 5.95. The highest BCUT2D eigenvalue weighted by Crippen LogP contribution is 2.36. The summed E-state index contributed by atoms with van der Waals surface area (Å²) in [7, 11) is 0. The van der Waals surface area contributed by atoms with Crippen LogP contribution < -0.4 is 19.7 Å². The molecule has 0 saturated carbocycles. The number of thiazole rings is 1. The van der Waals surface area contributed by atoms with Gasteiger partial charge in [0, 0.05) is 16.6 Å². The zero-order valence-electron chi connectivity index (χ0n) is 19.8. The molecule has 4 aromatic rings. The Morgan fingerprint density at radius 2 is 1.86 bits per heavy atom. The fraction of sp³-hybridized carbons (Fsp3) is 0.179. The number of amides is 2. The SMILES string of the molecule is CCCc1nc(-c2ccc3c(c2)N(CC(=O)Nc2ccc(Oc4ccccc4)cc2)C(=O)CO3)cs1. The van der Waals surface area contributed by atoms with Crippen LogP contribution in [0.15, 0.2) is 78.2 Å². The molecule has 3 aromatic carbocycles. The first-order chi connectivity index (χ1) is 17.6. The van der Waals surface area contributed by atoms with Crippen LogP contribution in [-0.4, -0.2) is 29.9 Å². The number of hydrogen-bond donors (Lipinski definition) is 1. The van der Waals surface area contributed by atoms with Crippen LogP contribution in [0.2, 0.25) is 0 Å². The van der Waals surface area contributed by atoms with Gasteiger partial charge in [0.15, 0.2) is 6.61 Å². The molecule has 0 saturated heterocycles. The van der Waals surface area contributed by atoms with Gasteiger partial charge in [0.25, 0.3) is 5.91 Å². The van der Waals surface area contributed by atoms with Crippen LogP contribution >= 0.6 is 11.3 Å². The van der Waals surface area contributed by atoms with Crippen molar-refractivity contribution in [1.82, 2.24) is 4.98 Å². The molecule has 1 N–H and O–H groups in total. The molecule has 2 amide bonds. The molecule has 8 heteroatoms. The van der Waals surface area contributed by atoms with Crippen molar-refractivity contribution in [3.63, 3.8) is 0 Å². The van der Waals surface area contributed by atoms with Crippen LogP contribution in [0.3, 0.4) is 0 Å². The average Bonchev–Trinajstić information content (AvgIpc) is 3.36. The van der Waals surface area contributed by atoms with Crippen molar-refractivity contribution < 1.29 is 19.1 Å². The summed E-state index contributed by atoms with van der Waals surface area (Å²) in [5.41, 5.74) is 2.91. The predicted octanol–water partition coefficient (Wildman–Crippen LogP) is 5.92. The van der Waals surface area contributed by atoms with Crippen LogP contribution in [-0.2, 0) is 16.0 Å². The molecule has 0 fully saturated rings. The number of benzene rings is 3. The standard InChI is InChI=1S/C28H25N3O4S/c1-2-6-27-30-23(18-36-27)19-9-14-25-24(15-19)31(28(33)17-34-25)16-26(32)29-20-10-12-22(13-11-20)35-21-7-4-3-5-8-21/h3-5,7-15,18H,2,6,16-17H2,1H3,(H,29,32). The van der Waals surface area contributed by atoms with Gasteiger partial charge in [0.1, 0.15) is 23.8 Å². The lowest BCUT2D eigenvalue weighted by atomic mass is 10.1. The largest absolute Gasteiger partial charge is 0.482 e. The topological polar surface area (TPSA) is 80.8 Å². The Morgan fingerprint density at radius 3 is 2.64 bits per heavy atom. The minimum absolute atomic E-state index is 0.109. The Balaban J connectivity index is 1.28. The molecule has 1 aliphatic rings. The molecule has 0 radical (unpaired) electrons. The summed E-state index contributed by atoms with van der Waals surface area (Å²) in [6, 6.07) is 22.2. The maximum Gasteiger partial charge on any atom is 0.265 e. The number of hydrogen-bond acceptors (Lipinski definition) is 6. The van der Waals surface area contributed by atoms with E-state index in [1.54, 1.807) is 35.6 Å². The third-order valence-electron chi connectivity index (χ3n) is 5.63. The number of para-hydroxylation sites is 1. The Hall–Kier alpha value is -4.17. The molecule has 7 nitrogen and oxygen atoms in total.